The number of aromatic hydroxyl groups is 2. The summed E-state index contributed by atoms with van der Waals surface area (Å²) in [6.45, 7) is -0.127. The molecule has 1 aliphatic carbocycles. The summed E-state index contributed by atoms with van der Waals surface area (Å²) in [5.41, 5.74) is 5.86. The Morgan fingerprint density at radius 3 is 2.52 bits per heavy atom. The second-order valence-electron chi connectivity index (χ2n) is 7.96. The summed E-state index contributed by atoms with van der Waals surface area (Å²) >= 11 is 0. The van der Waals surface area contributed by atoms with Crippen LogP contribution in [0.15, 0.2) is 42.5 Å². The van der Waals surface area contributed by atoms with Crippen LogP contribution in [0.5, 0.6) is 28.7 Å². The number of hydrogen-bond acceptors (Lipinski definition) is 6. The molecule has 1 aliphatic heterocycles. The molecular weight excluding hydrogens is 396 g/mol. The summed E-state index contributed by atoms with van der Waals surface area (Å²) in [5, 5.41) is 30.2. The van der Waals surface area contributed by atoms with Crippen molar-refractivity contribution in [2.24, 2.45) is 0 Å². The van der Waals surface area contributed by atoms with Gasteiger partial charge in [-0.1, -0.05) is 12.1 Å². The highest BCUT2D eigenvalue weighted by atomic mass is 16.5. The van der Waals surface area contributed by atoms with Gasteiger partial charge in [0.15, 0.2) is 11.5 Å². The van der Waals surface area contributed by atoms with Crippen molar-refractivity contribution in [2.75, 3.05) is 20.8 Å². The Hall–Kier alpha value is -3.38. The Bertz CT molecular complexity index is 1170. The Labute approximate surface area is 180 Å². The van der Waals surface area contributed by atoms with Gasteiger partial charge in [-0.05, 0) is 65.4 Å². The molecule has 5 rings (SSSR count). The van der Waals surface area contributed by atoms with Gasteiger partial charge in [-0.3, -0.25) is 0 Å². The lowest BCUT2D eigenvalue weighted by atomic mass is 9.81. The summed E-state index contributed by atoms with van der Waals surface area (Å²) in [7, 11) is 3.13. The monoisotopic (exact) mass is 420 g/mol. The normalized spacial score (nSPS) is 18.5. The van der Waals surface area contributed by atoms with Crippen molar-refractivity contribution >= 4 is 0 Å². The summed E-state index contributed by atoms with van der Waals surface area (Å²) in [6, 6.07) is 12.5. The zero-order valence-electron chi connectivity index (χ0n) is 17.4. The number of phenols is 2. The molecule has 0 saturated carbocycles. The lowest BCUT2D eigenvalue weighted by Gasteiger charge is -2.25. The van der Waals surface area contributed by atoms with Crippen molar-refractivity contribution in [2.45, 2.75) is 24.9 Å². The molecule has 31 heavy (non-hydrogen) atoms. The van der Waals surface area contributed by atoms with E-state index >= 15 is 0 Å². The van der Waals surface area contributed by atoms with Gasteiger partial charge >= 0.3 is 0 Å². The second kappa shape index (κ2) is 7.39. The summed E-state index contributed by atoms with van der Waals surface area (Å²) in [5.74, 6) is 1.72. The predicted molar refractivity (Wildman–Crippen MR) is 115 cm³/mol. The SMILES string of the molecule is COc1cc([C@@H]2Oc3cc4c(c(OC)c3[C@@H]2CO)-c2ccc(O)cc2CC4)ccc1O. The minimum absolute atomic E-state index is 0.0511. The molecule has 3 N–H and O–H groups in total. The second-order valence-corrected chi connectivity index (χ2v) is 7.96. The molecule has 1 heterocycles. The first-order valence-electron chi connectivity index (χ1n) is 10.3. The van der Waals surface area contributed by atoms with Crippen molar-refractivity contribution < 1.29 is 29.5 Å². The van der Waals surface area contributed by atoms with E-state index in [0.717, 1.165) is 46.2 Å². The van der Waals surface area contributed by atoms with Crippen LogP contribution < -0.4 is 14.2 Å². The summed E-state index contributed by atoms with van der Waals surface area (Å²) in [6.07, 6.45) is 1.19. The first kappa shape index (κ1) is 19.6. The van der Waals surface area contributed by atoms with E-state index in [9.17, 15) is 15.3 Å². The Morgan fingerprint density at radius 1 is 0.968 bits per heavy atom. The van der Waals surface area contributed by atoms with Crippen molar-refractivity contribution in [1.29, 1.82) is 0 Å². The van der Waals surface area contributed by atoms with Crippen LogP contribution in [0.4, 0.5) is 0 Å². The van der Waals surface area contributed by atoms with E-state index in [2.05, 4.69) is 0 Å². The summed E-state index contributed by atoms with van der Waals surface area (Å²) in [4.78, 5) is 0. The van der Waals surface area contributed by atoms with Gasteiger partial charge in [-0.2, -0.15) is 0 Å². The summed E-state index contributed by atoms with van der Waals surface area (Å²) < 4.78 is 17.5. The lowest BCUT2D eigenvalue weighted by molar-refractivity contribution is 0.159. The quantitative estimate of drug-likeness (QED) is 0.589. The van der Waals surface area contributed by atoms with E-state index in [1.54, 1.807) is 37.4 Å². The first-order chi connectivity index (χ1) is 15.0. The standard InChI is InChI=1S/C25H24O6/c1-29-20-11-15(5-8-19(20)28)24-18(12-26)23-21(31-24)10-14-4-3-13-9-16(27)6-7-17(13)22(14)25(23)30-2/h5-11,18,24,26-28H,3-4,12H2,1-2H3/t18-,24-/m0/s1. The molecule has 0 unspecified atom stereocenters. The topological polar surface area (TPSA) is 88.4 Å². The van der Waals surface area contributed by atoms with E-state index < -0.39 is 6.10 Å². The van der Waals surface area contributed by atoms with Gasteiger partial charge in [-0.15, -0.1) is 0 Å². The van der Waals surface area contributed by atoms with Crippen LogP contribution in [0.3, 0.4) is 0 Å². The third-order valence-corrected chi connectivity index (χ3v) is 6.31. The van der Waals surface area contributed by atoms with Gasteiger partial charge in [0, 0.05) is 11.1 Å². The fourth-order valence-electron chi connectivity index (χ4n) is 4.88. The number of hydrogen-bond donors (Lipinski definition) is 3. The minimum Gasteiger partial charge on any atom is -0.508 e. The first-order valence-corrected chi connectivity index (χ1v) is 10.3. The highest BCUT2D eigenvalue weighted by molar-refractivity contribution is 5.82. The molecule has 2 aliphatic rings. The molecule has 0 aromatic heterocycles. The molecule has 6 heteroatoms. The third-order valence-electron chi connectivity index (χ3n) is 6.31. The smallest absolute Gasteiger partial charge is 0.160 e. The molecule has 160 valence electrons. The number of phenolic OH excluding ortho intramolecular Hbond substituents is 2. The fraction of sp³-hybridized carbons (Fsp3) is 0.280. The predicted octanol–water partition coefficient (Wildman–Crippen LogP) is 4.09. The molecule has 3 aromatic carbocycles. The van der Waals surface area contributed by atoms with Crippen LogP contribution in [0.1, 0.15) is 34.3 Å². The van der Waals surface area contributed by atoms with Gasteiger partial charge < -0.3 is 29.5 Å². The number of aryl methyl sites for hydroxylation is 2. The van der Waals surface area contributed by atoms with E-state index in [4.69, 9.17) is 14.2 Å². The molecule has 0 bridgehead atoms. The molecule has 0 saturated heterocycles. The molecule has 0 radical (unpaired) electrons. The lowest BCUT2D eigenvalue weighted by Crippen LogP contribution is -2.14. The van der Waals surface area contributed by atoms with Crippen LogP contribution in [-0.4, -0.2) is 36.1 Å². The largest absolute Gasteiger partial charge is 0.508 e. The van der Waals surface area contributed by atoms with Crippen LogP contribution in [-0.2, 0) is 12.8 Å². The van der Waals surface area contributed by atoms with Crippen molar-refractivity contribution in [3.05, 3.63) is 64.7 Å². The number of aliphatic hydroxyl groups is 1. The van der Waals surface area contributed by atoms with E-state index in [0.29, 0.717) is 17.2 Å². The van der Waals surface area contributed by atoms with Gasteiger partial charge in [0.05, 0.1) is 26.7 Å². The molecule has 6 nitrogen and oxygen atoms in total. The molecule has 3 aromatic rings. The van der Waals surface area contributed by atoms with Gasteiger partial charge in [0.2, 0.25) is 0 Å². The zero-order valence-corrected chi connectivity index (χ0v) is 17.4. The van der Waals surface area contributed by atoms with Gasteiger partial charge in [0.1, 0.15) is 23.4 Å². The highest BCUT2D eigenvalue weighted by Gasteiger charge is 2.40. The molecule has 0 fully saturated rings. The van der Waals surface area contributed by atoms with E-state index in [1.165, 1.54) is 7.11 Å². The number of benzene rings is 3. The van der Waals surface area contributed by atoms with Crippen molar-refractivity contribution in [3.8, 4) is 39.9 Å². The van der Waals surface area contributed by atoms with Gasteiger partial charge in [-0.25, -0.2) is 0 Å². The van der Waals surface area contributed by atoms with Crippen LogP contribution in [0.2, 0.25) is 0 Å². The average molecular weight is 420 g/mol. The van der Waals surface area contributed by atoms with Crippen LogP contribution in [0, 0.1) is 0 Å². The van der Waals surface area contributed by atoms with Gasteiger partial charge in [0.25, 0.3) is 0 Å². The zero-order chi connectivity index (χ0) is 21.7. The maximum atomic E-state index is 10.3. The van der Waals surface area contributed by atoms with Crippen molar-refractivity contribution in [3.63, 3.8) is 0 Å². The molecule has 2 atom stereocenters. The number of methoxy groups -OCH3 is 2. The number of rotatable bonds is 4. The average Bonchev–Trinajstić information content (AvgIpc) is 3.15. The minimum atomic E-state index is -0.438. The molecule has 0 amide bonds. The number of fused-ring (bicyclic) bond motifs is 4. The number of ether oxygens (including phenoxy) is 3. The number of aliphatic hydroxyl groups excluding tert-OH is 1. The maximum Gasteiger partial charge on any atom is 0.160 e. The molecular formula is C25H24O6. The van der Waals surface area contributed by atoms with E-state index in [-0.39, 0.29) is 24.0 Å². The highest BCUT2D eigenvalue weighted by Crippen LogP contribution is 2.55. The fourth-order valence-corrected chi connectivity index (χ4v) is 4.88. The Balaban J connectivity index is 1.66. The van der Waals surface area contributed by atoms with Crippen molar-refractivity contribution in [1.82, 2.24) is 0 Å². The Morgan fingerprint density at radius 2 is 1.77 bits per heavy atom. The molecule has 0 spiro atoms. The van der Waals surface area contributed by atoms with E-state index in [1.807, 2.05) is 12.1 Å². The van der Waals surface area contributed by atoms with Crippen LogP contribution in [0.25, 0.3) is 11.1 Å². The third kappa shape index (κ3) is 2.98. The maximum absolute atomic E-state index is 10.3. The Kier molecular flexibility index (Phi) is 4.67. The van der Waals surface area contributed by atoms with Crippen LogP contribution >= 0.6 is 0 Å².